The van der Waals surface area contributed by atoms with Gasteiger partial charge in [-0.2, -0.15) is 0 Å². The van der Waals surface area contributed by atoms with Crippen molar-refractivity contribution in [1.29, 1.82) is 0 Å². The van der Waals surface area contributed by atoms with Crippen molar-refractivity contribution >= 4 is 29.5 Å². The molecular weight excluding hydrogens is 358 g/mol. The van der Waals surface area contributed by atoms with Crippen molar-refractivity contribution in [3.8, 4) is 0 Å². The number of H-pyrrole nitrogens is 1. The fourth-order valence-electron chi connectivity index (χ4n) is 5.39. The highest BCUT2D eigenvalue weighted by Crippen LogP contribution is 2.55. The zero-order valence-electron chi connectivity index (χ0n) is 14.3. The van der Waals surface area contributed by atoms with Crippen molar-refractivity contribution in [3.63, 3.8) is 0 Å². The summed E-state index contributed by atoms with van der Waals surface area (Å²) in [6, 6.07) is 0.901. The highest BCUT2D eigenvalue weighted by molar-refractivity contribution is 6.30. The number of carbonyl (C=O) groups is 3. The summed E-state index contributed by atoms with van der Waals surface area (Å²) < 4.78 is 4.88. The molecule has 0 aliphatic heterocycles. The monoisotopic (exact) mass is 379 g/mol. The minimum atomic E-state index is -0.700. The summed E-state index contributed by atoms with van der Waals surface area (Å²) >= 11 is 5.71. The van der Waals surface area contributed by atoms with Crippen molar-refractivity contribution in [1.82, 2.24) is 15.6 Å². The van der Waals surface area contributed by atoms with Gasteiger partial charge in [-0.1, -0.05) is 11.6 Å². The van der Waals surface area contributed by atoms with Crippen LogP contribution in [0.5, 0.6) is 0 Å². The van der Waals surface area contributed by atoms with E-state index in [0.29, 0.717) is 22.8 Å². The topological polar surface area (TPSA) is 100 Å². The number of urea groups is 1. The van der Waals surface area contributed by atoms with E-state index in [1.54, 1.807) is 0 Å². The predicted molar refractivity (Wildman–Crippen MR) is 93.7 cm³/mol. The molecule has 0 saturated heterocycles. The fourth-order valence-corrected chi connectivity index (χ4v) is 5.56. The smallest absolute Gasteiger partial charge is 0.355 e. The molecule has 1 aromatic rings. The summed E-state index contributed by atoms with van der Waals surface area (Å²) in [5, 5.41) is 5.68. The molecule has 0 aromatic carbocycles. The molecule has 3 amide bonds. The fraction of sp³-hybridized carbons (Fsp3) is 0.611. The predicted octanol–water partition coefficient (Wildman–Crippen LogP) is 2.62. The second-order valence-corrected chi connectivity index (χ2v) is 8.44. The highest BCUT2D eigenvalue weighted by Gasteiger charge is 2.51. The molecule has 5 rings (SSSR count). The van der Waals surface area contributed by atoms with Crippen molar-refractivity contribution in [2.24, 2.45) is 17.8 Å². The Morgan fingerprint density at radius 1 is 1.15 bits per heavy atom. The largest absolute Gasteiger partial charge is 0.451 e. The lowest BCUT2D eigenvalue weighted by atomic mass is 9.53. The summed E-state index contributed by atoms with van der Waals surface area (Å²) in [6.07, 6.45) is 8.28. The molecule has 8 heteroatoms. The molecular formula is C18H22ClN3O4. The number of hydrogen-bond acceptors (Lipinski definition) is 4. The number of aromatic amines is 1. The van der Waals surface area contributed by atoms with Crippen LogP contribution < -0.4 is 10.6 Å². The average molecular weight is 380 g/mol. The Balaban J connectivity index is 1.26. The standard InChI is InChI=1S/C18H22ClN3O4/c19-13-4-14(20-8-13)16(24)26-9-15(23)21-17(25)22-18-5-10-1-11(6-18)3-12(2-10)7-18/h4,8,10-12,20H,1-3,5-7,9H2,(H2,21,22,23,25). The Morgan fingerprint density at radius 2 is 1.77 bits per heavy atom. The number of ether oxygens (including phenoxy) is 1. The Hall–Kier alpha value is -2.02. The first-order chi connectivity index (χ1) is 12.4. The summed E-state index contributed by atoms with van der Waals surface area (Å²) in [7, 11) is 0. The Morgan fingerprint density at radius 3 is 2.31 bits per heavy atom. The van der Waals surface area contributed by atoms with Gasteiger partial charge >= 0.3 is 12.0 Å². The number of esters is 1. The number of rotatable bonds is 4. The Labute approximate surface area is 156 Å². The molecule has 4 aliphatic carbocycles. The number of amides is 3. The molecule has 1 heterocycles. The SMILES string of the molecule is O=C(COC(=O)c1cc(Cl)c[nH]1)NC(=O)NC12CC3CC(CC(C3)C1)C2. The quantitative estimate of drug-likeness (QED) is 0.700. The number of nitrogens with one attached hydrogen (secondary N) is 3. The third-order valence-corrected chi connectivity index (χ3v) is 6.09. The van der Waals surface area contributed by atoms with Crippen LogP contribution in [0.1, 0.15) is 49.0 Å². The number of carbonyl (C=O) groups excluding carboxylic acids is 3. The number of hydrogen-bond donors (Lipinski definition) is 3. The second kappa shape index (κ2) is 6.61. The zero-order chi connectivity index (χ0) is 18.3. The van der Waals surface area contributed by atoms with Gasteiger partial charge in [0, 0.05) is 11.7 Å². The first-order valence-corrected chi connectivity index (χ1v) is 9.42. The maximum Gasteiger partial charge on any atom is 0.355 e. The van der Waals surface area contributed by atoms with Gasteiger partial charge < -0.3 is 15.0 Å². The third-order valence-electron chi connectivity index (χ3n) is 5.87. The molecule has 7 nitrogen and oxygen atoms in total. The Bertz CT molecular complexity index is 709. The number of imide groups is 1. The molecule has 3 N–H and O–H groups in total. The lowest BCUT2D eigenvalue weighted by molar-refractivity contribution is -0.123. The van der Waals surface area contributed by atoms with E-state index in [1.165, 1.54) is 31.5 Å². The van der Waals surface area contributed by atoms with Gasteiger partial charge in [0.15, 0.2) is 6.61 Å². The van der Waals surface area contributed by atoms with Crippen LogP contribution in [0.4, 0.5) is 4.79 Å². The van der Waals surface area contributed by atoms with Crippen LogP contribution in [0.25, 0.3) is 0 Å². The summed E-state index contributed by atoms with van der Waals surface area (Å²) in [5.41, 5.74) is -0.0163. The van der Waals surface area contributed by atoms with Gasteiger partial charge in [0.25, 0.3) is 5.91 Å². The van der Waals surface area contributed by atoms with E-state index < -0.39 is 24.5 Å². The lowest BCUT2D eigenvalue weighted by Gasteiger charge is -2.56. The van der Waals surface area contributed by atoms with Crippen LogP contribution in [0.2, 0.25) is 5.02 Å². The van der Waals surface area contributed by atoms with Gasteiger partial charge in [0.2, 0.25) is 0 Å². The molecule has 26 heavy (non-hydrogen) atoms. The Kier molecular flexibility index (Phi) is 4.42. The molecule has 0 spiro atoms. The maximum absolute atomic E-state index is 12.2. The van der Waals surface area contributed by atoms with Gasteiger partial charge in [0.05, 0.1) is 5.02 Å². The minimum absolute atomic E-state index is 0.154. The van der Waals surface area contributed by atoms with Crippen LogP contribution in [0.3, 0.4) is 0 Å². The molecule has 4 saturated carbocycles. The van der Waals surface area contributed by atoms with Gasteiger partial charge in [0.1, 0.15) is 5.69 Å². The normalized spacial score (nSPS) is 31.5. The van der Waals surface area contributed by atoms with E-state index in [0.717, 1.165) is 19.3 Å². The van der Waals surface area contributed by atoms with Crippen molar-refractivity contribution < 1.29 is 19.1 Å². The molecule has 4 aliphatic rings. The highest BCUT2D eigenvalue weighted by atomic mass is 35.5. The summed E-state index contributed by atoms with van der Waals surface area (Å²) in [6.45, 7) is -0.524. The van der Waals surface area contributed by atoms with Crippen LogP contribution in [-0.4, -0.2) is 35.0 Å². The lowest BCUT2D eigenvalue weighted by Crippen LogP contribution is -2.62. The van der Waals surface area contributed by atoms with Crippen LogP contribution >= 0.6 is 11.6 Å². The van der Waals surface area contributed by atoms with Gasteiger partial charge in [-0.15, -0.1) is 0 Å². The first-order valence-electron chi connectivity index (χ1n) is 9.04. The van der Waals surface area contributed by atoms with Gasteiger partial charge in [-0.05, 0) is 62.3 Å². The minimum Gasteiger partial charge on any atom is -0.451 e. The van der Waals surface area contributed by atoms with Crippen LogP contribution in [0, 0.1) is 17.8 Å². The first kappa shape index (κ1) is 17.4. The van der Waals surface area contributed by atoms with E-state index in [2.05, 4.69) is 15.6 Å². The van der Waals surface area contributed by atoms with Gasteiger partial charge in [-0.3, -0.25) is 10.1 Å². The zero-order valence-corrected chi connectivity index (χ0v) is 15.1. The van der Waals surface area contributed by atoms with E-state index in [4.69, 9.17) is 16.3 Å². The molecule has 0 atom stereocenters. The van der Waals surface area contributed by atoms with E-state index >= 15 is 0 Å². The van der Waals surface area contributed by atoms with Crippen LogP contribution in [-0.2, 0) is 9.53 Å². The average Bonchev–Trinajstić information content (AvgIpc) is 2.97. The van der Waals surface area contributed by atoms with E-state index in [9.17, 15) is 14.4 Å². The van der Waals surface area contributed by atoms with Crippen LogP contribution in [0.15, 0.2) is 12.3 Å². The van der Waals surface area contributed by atoms with E-state index in [1.807, 2.05) is 0 Å². The third kappa shape index (κ3) is 3.58. The molecule has 140 valence electrons. The van der Waals surface area contributed by atoms with Crippen molar-refractivity contribution in [2.45, 2.75) is 44.1 Å². The van der Waals surface area contributed by atoms with Crippen molar-refractivity contribution in [3.05, 3.63) is 23.0 Å². The van der Waals surface area contributed by atoms with E-state index in [-0.39, 0.29) is 11.2 Å². The molecule has 0 unspecified atom stereocenters. The number of halogens is 1. The molecule has 4 fully saturated rings. The van der Waals surface area contributed by atoms with Crippen molar-refractivity contribution in [2.75, 3.05) is 6.61 Å². The summed E-state index contributed by atoms with van der Waals surface area (Å²) in [4.78, 5) is 38.5. The second-order valence-electron chi connectivity index (χ2n) is 8.01. The maximum atomic E-state index is 12.2. The number of aromatic nitrogens is 1. The molecule has 4 bridgehead atoms. The molecule has 0 radical (unpaired) electrons. The summed E-state index contributed by atoms with van der Waals surface area (Å²) in [5.74, 6) is 0.745. The molecule has 1 aromatic heterocycles. The van der Waals surface area contributed by atoms with Gasteiger partial charge in [-0.25, -0.2) is 9.59 Å².